The van der Waals surface area contributed by atoms with Gasteiger partial charge in [-0.1, -0.05) is 86.6 Å². The highest BCUT2D eigenvalue weighted by molar-refractivity contribution is 5.70. The van der Waals surface area contributed by atoms with E-state index in [0.717, 1.165) is 33.4 Å². The number of hydrogen-bond acceptors (Lipinski definition) is 5. The number of benzene rings is 2. The van der Waals surface area contributed by atoms with Gasteiger partial charge < -0.3 is 20.1 Å². The summed E-state index contributed by atoms with van der Waals surface area (Å²) < 4.78 is 5.29. The molecule has 0 spiro atoms. The van der Waals surface area contributed by atoms with Crippen LogP contribution >= 0.6 is 0 Å². The molecule has 0 aliphatic heterocycles. The monoisotopic (exact) mass is 542 g/mol. The van der Waals surface area contributed by atoms with Crippen LogP contribution in [0.15, 0.2) is 24.3 Å². The molecule has 39 heavy (non-hydrogen) atoms. The number of phenols is 2. The van der Waals surface area contributed by atoms with Gasteiger partial charge in [0.15, 0.2) is 0 Å². The van der Waals surface area contributed by atoms with Crippen LogP contribution in [0.5, 0.6) is 11.5 Å². The lowest BCUT2D eigenvalue weighted by Crippen LogP contribution is -2.18. The van der Waals surface area contributed by atoms with E-state index in [1.165, 1.54) is 0 Å². The summed E-state index contributed by atoms with van der Waals surface area (Å²) in [6, 6.07) is 7.71. The van der Waals surface area contributed by atoms with Crippen molar-refractivity contribution in [3.8, 4) is 11.5 Å². The van der Waals surface area contributed by atoms with Crippen LogP contribution in [0.3, 0.4) is 0 Å². The molecule has 0 bridgehead atoms. The summed E-state index contributed by atoms with van der Waals surface area (Å²) in [6.45, 7) is 22.6. The van der Waals surface area contributed by atoms with Crippen LogP contribution in [-0.2, 0) is 38.0 Å². The highest BCUT2D eigenvalue weighted by atomic mass is 16.5. The Labute approximate surface area is 235 Å². The fraction of sp³-hybridized carbons (Fsp3) is 0.576. The molecule has 218 valence electrons. The van der Waals surface area contributed by atoms with Gasteiger partial charge in [-0.15, -0.1) is 0 Å². The normalized spacial score (nSPS) is 12.0. The van der Waals surface area contributed by atoms with Crippen LogP contribution in [0.1, 0.15) is 109 Å². The summed E-state index contributed by atoms with van der Waals surface area (Å²) >= 11 is 0. The zero-order valence-electron chi connectivity index (χ0n) is 25.9. The first kappa shape index (κ1) is 34.0. The maximum Gasteiger partial charge on any atom is 0.306 e. The van der Waals surface area contributed by atoms with Crippen LogP contribution < -0.4 is 0 Å². The van der Waals surface area contributed by atoms with Gasteiger partial charge >= 0.3 is 11.9 Å². The summed E-state index contributed by atoms with van der Waals surface area (Å²) in [4.78, 5) is 22.4. The van der Waals surface area contributed by atoms with Crippen LogP contribution in [0.2, 0.25) is 0 Å². The molecule has 6 heteroatoms. The van der Waals surface area contributed by atoms with E-state index >= 15 is 0 Å². The smallest absolute Gasteiger partial charge is 0.306 e. The zero-order chi connectivity index (χ0) is 30.3. The topological polar surface area (TPSA) is 104 Å². The molecular formula is C33H50O6. The number of phenolic OH excluding ortho intramolecular Hbond substituents is 2. The first-order chi connectivity index (χ1) is 17.6. The summed E-state index contributed by atoms with van der Waals surface area (Å²) in [7, 11) is 0. The minimum atomic E-state index is -0.798. The second kappa shape index (κ2) is 13.4. The third-order valence-corrected chi connectivity index (χ3v) is 6.25. The minimum absolute atomic E-state index is 0.00973. The number of aromatic hydroxyl groups is 2. The highest BCUT2D eigenvalue weighted by Crippen LogP contribution is 2.35. The SMILES string of the molecule is Cc1cc(CCC(=O)O)cc(C(C)(C)C)c1O.Cc1cc(CCC(=O)OCC(C)(C)C)cc(C(C)(C)C)c1O. The molecule has 0 aliphatic carbocycles. The molecule has 2 rings (SSSR count). The Morgan fingerprint density at radius 1 is 0.692 bits per heavy atom. The molecule has 0 aliphatic rings. The quantitative estimate of drug-likeness (QED) is 0.312. The van der Waals surface area contributed by atoms with Gasteiger partial charge in [0.25, 0.3) is 0 Å². The van der Waals surface area contributed by atoms with Gasteiger partial charge in [0.2, 0.25) is 0 Å². The second-order valence-electron chi connectivity index (χ2n) is 13.7. The average Bonchev–Trinajstić information content (AvgIpc) is 2.77. The molecule has 0 saturated carbocycles. The first-order valence-corrected chi connectivity index (χ1v) is 13.6. The molecular weight excluding hydrogens is 492 g/mol. The van der Waals surface area contributed by atoms with Crippen molar-refractivity contribution in [1.29, 1.82) is 0 Å². The molecule has 0 unspecified atom stereocenters. The standard InChI is InChI=1S/C19H30O3.C14H20O3/c1-13-10-14(11-15(17(13)21)19(5,6)7)8-9-16(20)22-12-18(2,3)4;1-9-7-10(5-6-12(15)16)8-11(13(9)17)14(2,3)4/h10-11,21H,8-9,12H2,1-7H3;7-8,17H,5-6H2,1-4H3,(H,15,16). The third-order valence-electron chi connectivity index (χ3n) is 6.25. The van der Waals surface area contributed by atoms with Crippen molar-refractivity contribution in [2.75, 3.05) is 6.61 Å². The minimum Gasteiger partial charge on any atom is -0.507 e. The number of carbonyl (C=O) groups excluding carboxylic acids is 1. The van der Waals surface area contributed by atoms with Gasteiger partial charge in [-0.25, -0.2) is 0 Å². The lowest BCUT2D eigenvalue weighted by Gasteiger charge is -2.22. The fourth-order valence-electron chi connectivity index (χ4n) is 4.01. The largest absolute Gasteiger partial charge is 0.507 e. The maximum absolute atomic E-state index is 11.8. The zero-order valence-corrected chi connectivity index (χ0v) is 25.9. The van der Waals surface area contributed by atoms with Crippen molar-refractivity contribution in [1.82, 2.24) is 0 Å². The van der Waals surface area contributed by atoms with E-state index in [2.05, 4.69) is 20.8 Å². The van der Waals surface area contributed by atoms with E-state index in [1.54, 1.807) is 0 Å². The molecule has 0 atom stereocenters. The fourth-order valence-corrected chi connectivity index (χ4v) is 4.01. The number of carboxylic acid groups (broad SMARTS) is 1. The van der Waals surface area contributed by atoms with E-state index in [1.807, 2.05) is 79.7 Å². The number of esters is 1. The Balaban J connectivity index is 0.000000403. The molecule has 3 N–H and O–H groups in total. The van der Waals surface area contributed by atoms with Crippen molar-refractivity contribution in [3.05, 3.63) is 57.6 Å². The predicted molar refractivity (Wildman–Crippen MR) is 158 cm³/mol. The number of carboxylic acids is 1. The highest BCUT2D eigenvalue weighted by Gasteiger charge is 2.21. The predicted octanol–water partition coefficient (Wildman–Crippen LogP) is 7.54. The Hall–Kier alpha value is -3.02. The lowest BCUT2D eigenvalue weighted by atomic mass is 9.83. The van der Waals surface area contributed by atoms with Crippen LogP contribution in [-0.4, -0.2) is 33.9 Å². The number of hydrogen-bond donors (Lipinski definition) is 3. The van der Waals surface area contributed by atoms with Crippen LogP contribution in [0.25, 0.3) is 0 Å². The molecule has 0 aromatic heterocycles. The van der Waals surface area contributed by atoms with Gasteiger partial charge in [0.05, 0.1) is 6.61 Å². The van der Waals surface area contributed by atoms with Gasteiger partial charge in [-0.2, -0.15) is 0 Å². The van der Waals surface area contributed by atoms with Gasteiger partial charge in [-0.3, -0.25) is 9.59 Å². The molecule has 0 saturated heterocycles. The third kappa shape index (κ3) is 11.7. The van der Waals surface area contributed by atoms with E-state index < -0.39 is 5.97 Å². The van der Waals surface area contributed by atoms with Crippen molar-refractivity contribution in [2.24, 2.45) is 5.41 Å². The van der Waals surface area contributed by atoms with E-state index in [-0.39, 0.29) is 28.6 Å². The summed E-state index contributed by atoms with van der Waals surface area (Å²) in [5, 5.41) is 28.9. The number of aliphatic carboxylic acids is 1. The molecule has 0 radical (unpaired) electrons. The molecule has 0 heterocycles. The summed E-state index contributed by atoms with van der Waals surface area (Å²) in [6.07, 6.45) is 1.62. The van der Waals surface area contributed by atoms with Crippen molar-refractivity contribution in [3.63, 3.8) is 0 Å². The van der Waals surface area contributed by atoms with Gasteiger partial charge in [0, 0.05) is 12.8 Å². The number of carbonyl (C=O) groups is 2. The van der Waals surface area contributed by atoms with Gasteiger partial charge in [-0.05, 0) is 76.3 Å². The van der Waals surface area contributed by atoms with Crippen LogP contribution in [0.4, 0.5) is 0 Å². The van der Waals surface area contributed by atoms with Crippen molar-refractivity contribution < 1.29 is 29.6 Å². The van der Waals surface area contributed by atoms with E-state index in [4.69, 9.17) is 9.84 Å². The Morgan fingerprint density at radius 3 is 1.41 bits per heavy atom. The Morgan fingerprint density at radius 2 is 1.08 bits per heavy atom. The van der Waals surface area contributed by atoms with Crippen molar-refractivity contribution in [2.45, 2.75) is 113 Å². The second-order valence-corrected chi connectivity index (χ2v) is 13.7. The molecule has 2 aromatic carbocycles. The Bertz CT molecular complexity index is 1140. The van der Waals surface area contributed by atoms with E-state index in [0.29, 0.717) is 37.4 Å². The van der Waals surface area contributed by atoms with Gasteiger partial charge in [0.1, 0.15) is 11.5 Å². The Kier molecular flexibility index (Phi) is 11.7. The summed E-state index contributed by atoms with van der Waals surface area (Å²) in [5.74, 6) is -0.297. The molecule has 0 fully saturated rings. The maximum atomic E-state index is 11.8. The summed E-state index contributed by atoms with van der Waals surface area (Å²) in [5.41, 5.74) is 5.20. The first-order valence-electron chi connectivity index (χ1n) is 13.6. The molecule has 2 aromatic rings. The average molecular weight is 543 g/mol. The van der Waals surface area contributed by atoms with E-state index in [9.17, 15) is 19.8 Å². The molecule has 6 nitrogen and oxygen atoms in total. The van der Waals surface area contributed by atoms with Crippen molar-refractivity contribution >= 4 is 11.9 Å². The number of ether oxygens (including phenoxy) is 1. The molecule has 0 amide bonds. The van der Waals surface area contributed by atoms with Crippen LogP contribution in [0, 0.1) is 19.3 Å². The number of aryl methyl sites for hydroxylation is 4. The number of rotatable bonds is 7. The lowest BCUT2D eigenvalue weighted by molar-refractivity contribution is -0.146.